The van der Waals surface area contributed by atoms with E-state index in [0.29, 0.717) is 0 Å². The summed E-state index contributed by atoms with van der Waals surface area (Å²) >= 11 is 0. The standard InChI is InChI=1S/C33H63N.C5H5.Fe/c1-16-34(17-2,18-3)24-22-20-19-21-23-25-26(30(4,5)6)28(32(10,11)12)29(33(13,14)15)27(25)31(7,8)9;1-2-4-5-3-1;/h16-24H2,1-15H3;1-5H;/q;-1;+2. The first-order valence-electron chi connectivity index (χ1n) is 16.2. The van der Waals surface area contributed by atoms with E-state index in [1.54, 1.807) is 27.8 Å². The molecule has 0 saturated heterocycles. The second kappa shape index (κ2) is 15.6. The summed E-state index contributed by atoms with van der Waals surface area (Å²) < 4.78 is 1.29. The molecule has 2 aromatic rings. The SMILES string of the molecule is CC[N+](CC)(CC)CCCCCCc1c(C(C)(C)C)c(C(C)(C)C)c(C(C)(C)C)[c-]1C(C)(C)C.[Fe+2].c1cc[cH-]c1. The van der Waals surface area contributed by atoms with Crippen molar-refractivity contribution >= 4 is 0 Å². The van der Waals surface area contributed by atoms with E-state index in [0.717, 1.165) is 0 Å². The van der Waals surface area contributed by atoms with Crippen molar-refractivity contribution in [1.82, 2.24) is 0 Å². The van der Waals surface area contributed by atoms with E-state index in [1.807, 2.05) is 30.3 Å². The molecule has 0 heterocycles. The van der Waals surface area contributed by atoms with Crippen LogP contribution in [0.2, 0.25) is 0 Å². The van der Waals surface area contributed by atoms with Gasteiger partial charge in [-0.15, -0.1) is 5.56 Å². The fourth-order valence-electron chi connectivity index (χ4n) is 6.65. The van der Waals surface area contributed by atoms with Crippen molar-refractivity contribution in [2.75, 3.05) is 26.2 Å². The summed E-state index contributed by atoms with van der Waals surface area (Å²) in [4.78, 5) is 0. The van der Waals surface area contributed by atoms with Crippen LogP contribution in [0.5, 0.6) is 0 Å². The smallest absolute Gasteiger partial charge is 0.324 e. The average molecular weight is 595 g/mol. The van der Waals surface area contributed by atoms with Crippen molar-refractivity contribution in [2.24, 2.45) is 0 Å². The van der Waals surface area contributed by atoms with Gasteiger partial charge in [-0.3, -0.25) is 0 Å². The molecule has 1 nitrogen and oxygen atoms in total. The van der Waals surface area contributed by atoms with Gasteiger partial charge in [0.15, 0.2) is 0 Å². The zero-order valence-electron chi connectivity index (χ0n) is 29.6. The third kappa shape index (κ3) is 10.8. The van der Waals surface area contributed by atoms with Crippen LogP contribution in [-0.2, 0) is 45.1 Å². The first-order chi connectivity index (χ1) is 17.8. The van der Waals surface area contributed by atoms with Gasteiger partial charge < -0.3 is 4.48 Å². The molecular weight excluding hydrogens is 526 g/mol. The molecule has 0 aliphatic carbocycles. The topological polar surface area (TPSA) is 0 Å². The molecule has 0 aliphatic heterocycles. The number of hydrogen-bond acceptors (Lipinski definition) is 0. The molecule has 0 bridgehead atoms. The number of hydrogen-bond donors (Lipinski definition) is 0. The molecule has 0 aliphatic rings. The van der Waals surface area contributed by atoms with Crippen molar-refractivity contribution in [1.29, 1.82) is 0 Å². The molecule has 2 rings (SSSR count). The molecule has 0 atom stereocenters. The summed E-state index contributed by atoms with van der Waals surface area (Å²) in [5.41, 5.74) is 8.89. The monoisotopic (exact) mass is 594 g/mol. The summed E-state index contributed by atoms with van der Waals surface area (Å²) in [6.45, 7) is 41.5. The second-order valence-corrected chi connectivity index (χ2v) is 16.1. The van der Waals surface area contributed by atoms with E-state index in [2.05, 4.69) is 104 Å². The molecule has 2 aromatic carbocycles. The van der Waals surface area contributed by atoms with Gasteiger partial charge >= 0.3 is 17.1 Å². The third-order valence-electron chi connectivity index (χ3n) is 8.73. The summed E-state index contributed by atoms with van der Waals surface area (Å²) in [6, 6.07) is 10.0. The molecule has 0 fully saturated rings. The Morgan fingerprint density at radius 3 is 1.40 bits per heavy atom. The maximum atomic E-state index is 2.44. The Bertz CT molecular complexity index is 867. The van der Waals surface area contributed by atoms with Crippen LogP contribution in [-0.4, -0.2) is 30.7 Å². The summed E-state index contributed by atoms with van der Waals surface area (Å²) in [5.74, 6) is 0. The molecule has 0 amide bonds. The molecule has 0 unspecified atom stereocenters. The average Bonchev–Trinajstić information content (AvgIpc) is 3.48. The molecule has 0 aromatic heterocycles. The molecule has 0 spiro atoms. The Morgan fingerprint density at radius 1 is 0.625 bits per heavy atom. The van der Waals surface area contributed by atoms with Crippen LogP contribution in [0.1, 0.15) is 157 Å². The van der Waals surface area contributed by atoms with Crippen LogP contribution >= 0.6 is 0 Å². The van der Waals surface area contributed by atoms with Crippen molar-refractivity contribution in [3.8, 4) is 0 Å². The minimum atomic E-state index is 0. The Labute approximate surface area is 262 Å². The number of unbranched alkanes of at least 4 members (excludes halogenated alkanes) is 3. The number of nitrogens with zero attached hydrogens (tertiary/aromatic N) is 1. The predicted octanol–water partition coefficient (Wildman–Crippen LogP) is 11.0. The zero-order valence-corrected chi connectivity index (χ0v) is 30.7. The van der Waals surface area contributed by atoms with Crippen LogP contribution in [0.15, 0.2) is 30.3 Å². The minimum absolute atomic E-state index is 0. The van der Waals surface area contributed by atoms with Gasteiger partial charge in [0.05, 0.1) is 26.2 Å². The quantitative estimate of drug-likeness (QED) is 0.111. The Kier molecular flexibility index (Phi) is 15.3. The van der Waals surface area contributed by atoms with Gasteiger partial charge in [-0.2, -0.15) is 40.5 Å². The van der Waals surface area contributed by atoms with Gasteiger partial charge in [0.2, 0.25) is 0 Å². The Morgan fingerprint density at radius 2 is 1.07 bits per heavy atom. The predicted molar refractivity (Wildman–Crippen MR) is 178 cm³/mol. The minimum Gasteiger partial charge on any atom is -0.324 e. The fraction of sp³-hybridized carbons (Fsp3) is 0.737. The molecule has 40 heavy (non-hydrogen) atoms. The van der Waals surface area contributed by atoms with E-state index in [9.17, 15) is 0 Å². The van der Waals surface area contributed by atoms with Crippen LogP contribution in [0, 0.1) is 0 Å². The molecule has 0 saturated carbocycles. The second-order valence-electron chi connectivity index (χ2n) is 16.1. The summed E-state index contributed by atoms with van der Waals surface area (Å²) in [7, 11) is 0. The molecule has 2 heteroatoms. The van der Waals surface area contributed by atoms with E-state index in [-0.39, 0.29) is 38.7 Å². The Hall–Kier alpha value is -0.821. The van der Waals surface area contributed by atoms with Crippen LogP contribution in [0.4, 0.5) is 0 Å². The van der Waals surface area contributed by atoms with Crippen LogP contribution < -0.4 is 0 Å². The first kappa shape index (κ1) is 39.2. The van der Waals surface area contributed by atoms with Gasteiger partial charge in [0.1, 0.15) is 0 Å². The zero-order chi connectivity index (χ0) is 30.3. The van der Waals surface area contributed by atoms with Gasteiger partial charge in [-0.1, -0.05) is 119 Å². The number of quaternary nitrogens is 1. The van der Waals surface area contributed by atoms with E-state index < -0.39 is 0 Å². The van der Waals surface area contributed by atoms with Crippen LogP contribution in [0.25, 0.3) is 0 Å². The maximum Gasteiger partial charge on any atom is 2.00 e. The largest absolute Gasteiger partial charge is 2.00 e. The Balaban J connectivity index is 0.00000227. The van der Waals surface area contributed by atoms with Crippen molar-refractivity contribution in [3.63, 3.8) is 0 Å². The van der Waals surface area contributed by atoms with E-state index in [4.69, 9.17) is 0 Å². The first-order valence-corrected chi connectivity index (χ1v) is 16.2. The van der Waals surface area contributed by atoms with Gasteiger partial charge in [-0.05, 0) is 39.0 Å². The molecule has 0 radical (unpaired) electrons. The van der Waals surface area contributed by atoms with Crippen molar-refractivity contribution in [2.45, 2.75) is 158 Å². The normalized spacial score (nSPS) is 13.1. The molecule has 0 N–H and O–H groups in total. The molecular formula is C38H68FeN+. The van der Waals surface area contributed by atoms with E-state index in [1.165, 1.54) is 62.8 Å². The van der Waals surface area contributed by atoms with Gasteiger partial charge in [0.25, 0.3) is 0 Å². The number of rotatable bonds is 10. The summed E-state index contributed by atoms with van der Waals surface area (Å²) in [5, 5.41) is 0. The van der Waals surface area contributed by atoms with Gasteiger partial charge in [0, 0.05) is 0 Å². The van der Waals surface area contributed by atoms with E-state index >= 15 is 0 Å². The van der Waals surface area contributed by atoms with Crippen molar-refractivity contribution < 1.29 is 21.6 Å². The maximum absolute atomic E-state index is 2.44. The third-order valence-corrected chi connectivity index (χ3v) is 8.73. The fourth-order valence-corrected chi connectivity index (χ4v) is 6.65. The van der Waals surface area contributed by atoms with Crippen molar-refractivity contribution in [3.05, 3.63) is 58.1 Å². The van der Waals surface area contributed by atoms with Gasteiger partial charge in [-0.25, -0.2) is 12.1 Å². The van der Waals surface area contributed by atoms with Crippen LogP contribution in [0.3, 0.4) is 0 Å². The molecule has 232 valence electrons. The summed E-state index contributed by atoms with van der Waals surface area (Å²) in [6.07, 6.45) is 6.64.